The fourth-order valence-electron chi connectivity index (χ4n) is 0. The summed E-state index contributed by atoms with van der Waals surface area (Å²) in [5, 5.41) is 0. The van der Waals surface area contributed by atoms with Gasteiger partial charge < -0.3 is 0 Å². The summed E-state index contributed by atoms with van der Waals surface area (Å²) in [5.74, 6) is 0. The number of hydrogen-bond donors (Lipinski definition) is 2. The van der Waals surface area contributed by atoms with Crippen LogP contribution in [-0.4, -0.2) is 772 Å². The summed E-state index contributed by atoms with van der Waals surface area (Å²) in [4.78, 5) is 0. The molecule has 0 aliphatic heterocycles. The molecule has 0 heterocycles. The molecular weight excluding hydrogens is 898 g/mol. The van der Waals surface area contributed by atoms with E-state index in [0.29, 0.717) is 0 Å². The zero-order chi connectivity index (χ0) is 4.50. The molecule has 0 aliphatic carbocycles. The third-order valence-corrected chi connectivity index (χ3v) is 0. The molecule has 0 saturated heterocycles. The summed E-state index contributed by atoms with van der Waals surface area (Å²) >= 11 is 0. The molecule has 25 heteroatoms. The van der Waals surface area contributed by atoms with Gasteiger partial charge in [-0.15, -0.1) is 0 Å². The Kier molecular flexibility index (Phi) is 670. The second kappa shape index (κ2) is 117. The molecule has 0 aromatic rings. The van der Waals surface area contributed by atoms with Crippen molar-refractivity contribution in [1.29, 1.82) is 0 Å². The molecule has 0 fully saturated rings. The molecule has 2 N–H and O–H groups in total. The van der Waals surface area contributed by atoms with Crippen LogP contribution in [0, 0.1) is 0 Å². The fourth-order valence-corrected chi connectivity index (χ4v) is 0. The van der Waals surface area contributed by atoms with Gasteiger partial charge in [0.05, 0.1) is 0 Å². The van der Waals surface area contributed by atoms with Gasteiger partial charge in [-0.2, -0.15) is 8.42 Å². The first-order valence-electron chi connectivity index (χ1n) is 0.698. The van der Waals surface area contributed by atoms with Crippen molar-refractivity contribution in [2.75, 3.05) is 0 Å². The molecule has 4 nitrogen and oxygen atoms in total. The molecular formula is H42Ca20O4S. The van der Waals surface area contributed by atoms with Crippen LogP contribution < -0.4 is 0 Å². The van der Waals surface area contributed by atoms with Crippen molar-refractivity contribution in [2.24, 2.45) is 0 Å². The van der Waals surface area contributed by atoms with E-state index >= 15 is 0 Å². The first-order chi connectivity index (χ1) is 2.00. The van der Waals surface area contributed by atoms with Crippen molar-refractivity contribution in [3.63, 3.8) is 0 Å². The minimum absolute atomic E-state index is 0. The van der Waals surface area contributed by atoms with E-state index in [0.717, 1.165) is 0 Å². The van der Waals surface area contributed by atoms with E-state index in [4.69, 9.17) is 17.5 Å². The summed E-state index contributed by atoms with van der Waals surface area (Å²) in [7, 11) is -4.67. The van der Waals surface area contributed by atoms with Crippen molar-refractivity contribution in [2.45, 2.75) is 0 Å². The van der Waals surface area contributed by atoms with E-state index in [-0.39, 0.29) is 755 Å². The van der Waals surface area contributed by atoms with Gasteiger partial charge in [-0.05, 0) is 0 Å². The Bertz CT molecular complexity index is 105. The molecule has 0 aromatic carbocycles. The van der Waals surface area contributed by atoms with E-state index in [1.807, 2.05) is 0 Å². The van der Waals surface area contributed by atoms with Gasteiger partial charge in [-0.3, -0.25) is 9.11 Å². The third kappa shape index (κ3) is 173. The van der Waals surface area contributed by atoms with E-state index in [1.54, 1.807) is 0 Å². The Labute approximate surface area is 751 Å². The molecule has 25 heavy (non-hydrogen) atoms. The number of hydrogen-bond acceptors (Lipinski definition) is 2. The Morgan fingerprint density at radius 3 is 0.280 bits per heavy atom. The molecule has 0 radical (unpaired) electrons. The fraction of sp³-hybridized carbons (Fsp3) is 0. The van der Waals surface area contributed by atoms with E-state index in [1.165, 1.54) is 0 Å². The molecule has 0 atom stereocenters. The summed E-state index contributed by atoms with van der Waals surface area (Å²) in [6.45, 7) is 0. The standard InChI is InChI=1S/20Ca.H2O4S.40H/c;;;;;;;;;;;;;;;;;;;;1-5(2,3)4;;;;;;;;;;;;;;;;;;;;;;;;;;;;;;;;;;;;;;;;/h;;;;;;;;;;;;;;;;;;;;(H2,1,2,3,4);;;;;;;;;;;;;;;;;;;;;;;;;;;;;;;;;;;;;;;;. The predicted octanol–water partition coefficient (Wildman–Crippen LogP) is -19.0. The van der Waals surface area contributed by atoms with Crippen LogP contribution in [0.25, 0.3) is 0 Å². The van der Waals surface area contributed by atoms with Crippen molar-refractivity contribution in [1.82, 2.24) is 0 Å². The monoisotopic (exact) mass is 938 g/mol. The summed E-state index contributed by atoms with van der Waals surface area (Å²) in [6, 6.07) is 0. The molecule has 112 valence electrons. The second-order valence-electron chi connectivity index (χ2n) is 0.448. The van der Waals surface area contributed by atoms with Crippen molar-refractivity contribution >= 4 is 765 Å². The molecule has 0 saturated carbocycles. The maximum absolute atomic E-state index is 8.74. The van der Waals surface area contributed by atoms with Crippen LogP contribution in [0.3, 0.4) is 0 Å². The summed E-state index contributed by atoms with van der Waals surface area (Å²) in [5.41, 5.74) is 0. The average Bonchev–Trinajstić information content (AvgIpc) is 0.722. The van der Waals surface area contributed by atoms with Gasteiger partial charge in [-0.25, -0.2) is 0 Å². The second-order valence-corrected chi connectivity index (χ2v) is 1.34. The molecule has 0 bridgehead atoms. The quantitative estimate of drug-likeness (QED) is 0.187. The van der Waals surface area contributed by atoms with Gasteiger partial charge in [0, 0.05) is 0 Å². The molecule has 0 aliphatic rings. The van der Waals surface area contributed by atoms with Crippen LogP contribution in [-0.2, 0) is 10.4 Å². The molecule has 0 amide bonds. The van der Waals surface area contributed by atoms with Crippen molar-refractivity contribution in [3.8, 4) is 0 Å². The normalized spacial score (nSPS) is 2.32. The average molecular weight is 940 g/mol. The predicted molar refractivity (Wildman–Crippen MR) is 185 cm³/mol. The van der Waals surface area contributed by atoms with Gasteiger partial charge in [0.2, 0.25) is 0 Å². The topological polar surface area (TPSA) is 74.6 Å². The minimum atomic E-state index is -4.67. The van der Waals surface area contributed by atoms with E-state index < -0.39 is 10.4 Å². The molecule has 0 rings (SSSR count). The van der Waals surface area contributed by atoms with Crippen LogP contribution in [0.15, 0.2) is 0 Å². The molecule has 0 spiro atoms. The van der Waals surface area contributed by atoms with Gasteiger partial charge in [0.1, 0.15) is 0 Å². The first kappa shape index (κ1) is 143. The van der Waals surface area contributed by atoms with Crippen LogP contribution in [0.4, 0.5) is 0 Å². The third-order valence-electron chi connectivity index (χ3n) is 0. The molecule has 0 unspecified atom stereocenters. The summed E-state index contributed by atoms with van der Waals surface area (Å²) < 4.78 is 31.6. The zero-order valence-corrected chi connectivity index (χ0v) is 2.94. The van der Waals surface area contributed by atoms with Crippen LogP contribution in [0.2, 0.25) is 0 Å². The Morgan fingerprint density at radius 2 is 0.280 bits per heavy atom. The number of rotatable bonds is 0. The van der Waals surface area contributed by atoms with Gasteiger partial charge in [0.15, 0.2) is 0 Å². The summed E-state index contributed by atoms with van der Waals surface area (Å²) in [6.07, 6.45) is 0. The maximum atomic E-state index is 8.74. The van der Waals surface area contributed by atoms with Crippen molar-refractivity contribution < 1.29 is 17.5 Å². The SMILES string of the molecule is O=S(=O)(O)O.[CaH2].[CaH2].[CaH2].[CaH2].[CaH2].[CaH2].[CaH2].[CaH2].[CaH2].[CaH2].[CaH2].[CaH2].[CaH2].[CaH2].[CaH2].[CaH2].[CaH2].[CaH2].[CaH2].[CaH2]. The van der Waals surface area contributed by atoms with Gasteiger partial charge >= 0.3 is 765 Å². The van der Waals surface area contributed by atoms with Gasteiger partial charge in [0.25, 0.3) is 0 Å². The van der Waals surface area contributed by atoms with E-state index in [2.05, 4.69) is 0 Å². The Morgan fingerprint density at radius 1 is 0.280 bits per heavy atom. The van der Waals surface area contributed by atoms with E-state index in [9.17, 15) is 0 Å². The Hall–Kier alpha value is 25.1. The van der Waals surface area contributed by atoms with Crippen LogP contribution in [0.1, 0.15) is 0 Å². The van der Waals surface area contributed by atoms with Crippen LogP contribution >= 0.6 is 0 Å². The Balaban J connectivity index is -0.000000000421. The van der Waals surface area contributed by atoms with Crippen molar-refractivity contribution in [3.05, 3.63) is 0 Å². The first-order valence-corrected chi connectivity index (χ1v) is 2.10. The van der Waals surface area contributed by atoms with Gasteiger partial charge in [-0.1, -0.05) is 0 Å². The molecule has 0 aromatic heterocycles. The van der Waals surface area contributed by atoms with Crippen LogP contribution in [0.5, 0.6) is 0 Å². The zero-order valence-electron chi connectivity index (χ0n) is 2.12.